The molecule has 3 rings (SSSR count). The van der Waals surface area contributed by atoms with Crippen molar-refractivity contribution in [1.29, 1.82) is 0 Å². The number of carboxylic acids is 1. The van der Waals surface area contributed by atoms with Gasteiger partial charge in [-0.3, -0.25) is 4.79 Å². The van der Waals surface area contributed by atoms with E-state index in [4.69, 9.17) is 19.8 Å². The molecule has 1 aromatic heterocycles. The molecule has 1 aromatic carbocycles. The van der Waals surface area contributed by atoms with Gasteiger partial charge in [-0.15, -0.1) is 0 Å². The number of hydrogen-bond acceptors (Lipinski definition) is 6. The Bertz CT molecular complexity index is 1020. The highest BCUT2D eigenvalue weighted by Gasteiger charge is 2.28. The summed E-state index contributed by atoms with van der Waals surface area (Å²) in [7, 11) is 0. The van der Waals surface area contributed by atoms with E-state index >= 15 is 0 Å². The van der Waals surface area contributed by atoms with Crippen LogP contribution < -0.4 is 16.0 Å². The molecule has 2 heterocycles. The zero-order valence-corrected chi connectivity index (χ0v) is 14.7. The molecule has 0 radical (unpaired) electrons. The molecule has 2 N–H and O–H groups in total. The topological polar surface area (TPSA) is 156 Å². The second-order valence-electron chi connectivity index (χ2n) is 5.80. The lowest BCUT2D eigenvalue weighted by Gasteiger charge is -2.24. The van der Waals surface area contributed by atoms with Crippen LogP contribution in [-0.2, 0) is 4.79 Å². The number of hydrogen-bond donors (Lipinski definition) is 1. The molecule has 13 heteroatoms. The van der Waals surface area contributed by atoms with Crippen LogP contribution >= 0.6 is 0 Å². The standard InChI is InChI=1S/C14H13N5O3.C2HF3O2/c15-18-17-10-2-1-9-7-11(14(21)22-12(9)8-10)13(20)19-5-3-16-4-6-19;3-2(4,5)1(6)7/h1-2,7-8,16H,3-6H2;(H,6,7). The highest BCUT2D eigenvalue weighted by Crippen LogP contribution is 2.21. The van der Waals surface area contributed by atoms with Crippen molar-refractivity contribution in [2.75, 3.05) is 26.2 Å². The van der Waals surface area contributed by atoms with Crippen LogP contribution in [0.5, 0.6) is 0 Å². The molecule has 0 unspecified atom stereocenters. The Morgan fingerprint density at radius 1 is 1.24 bits per heavy atom. The number of amides is 1. The minimum atomic E-state index is -5.19. The fraction of sp³-hybridized carbons (Fsp3) is 0.312. The minimum Gasteiger partial charge on any atom is -0.542 e. The monoisotopic (exact) mass is 413 g/mol. The molecule has 1 aliphatic rings. The Morgan fingerprint density at radius 3 is 2.41 bits per heavy atom. The van der Waals surface area contributed by atoms with Crippen molar-refractivity contribution in [3.63, 3.8) is 0 Å². The first kappa shape index (κ1) is 21.7. The van der Waals surface area contributed by atoms with E-state index in [0.717, 1.165) is 13.1 Å². The Morgan fingerprint density at radius 2 is 1.86 bits per heavy atom. The first-order chi connectivity index (χ1) is 13.6. The number of alkyl halides is 3. The lowest BCUT2D eigenvalue weighted by Crippen LogP contribution is -2.89. The van der Waals surface area contributed by atoms with Gasteiger partial charge in [-0.05, 0) is 17.7 Å². The van der Waals surface area contributed by atoms with Crippen molar-refractivity contribution in [2.45, 2.75) is 6.18 Å². The van der Waals surface area contributed by atoms with Gasteiger partial charge in [-0.1, -0.05) is 17.2 Å². The van der Waals surface area contributed by atoms with E-state index in [9.17, 15) is 22.8 Å². The third kappa shape index (κ3) is 5.70. The summed E-state index contributed by atoms with van der Waals surface area (Å²) in [5, 5.41) is 15.0. The van der Waals surface area contributed by atoms with Crippen LogP contribution in [0.25, 0.3) is 21.4 Å². The summed E-state index contributed by atoms with van der Waals surface area (Å²) >= 11 is 0. The Balaban J connectivity index is 0.000000370. The predicted octanol–water partition coefficient (Wildman–Crippen LogP) is 0.0526. The maximum absolute atomic E-state index is 12.4. The van der Waals surface area contributed by atoms with Crippen molar-refractivity contribution in [3.8, 4) is 0 Å². The average Bonchev–Trinajstić information content (AvgIpc) is 2.67. The molecular formula is C16H14F3N5O5. The first-order valence-electron chi connectivity index (χ1n) is 8.15. The van der Waals surface area contributed by atoms with Crippen molar-refractivity contribution in [1.82, 2.24) is 4.90 Å². The number of rotatable bonds is 2. The van der Waals surface area contributed by atoms with Gasteiger partial charge in [-0.2, -0.15) is 13.2 Å². The highest BCUT2D eigenvalue weighted by molar-refractivity contribution is 5.97. The molecule has 1 saturated heterocycles. The minimum absolute atomic E-state index is 0.0333. The molecule has 0 spiro atoms. The third-order valence-corrected chi connectivity index (χ3v) is 3.84. The van der Waals surface area contributed by atoms with Crippen LogP contribution in [0.4, 0.5) is 18.9 Å². The number of quaternary nitrogens is 1. The van der Waals surface area contributed by atoms with Crippen molar-refractivity contribution in [2.24, 2.45) is 5.11 Å². The zero-order valence-electron chi connectivity index (χ0n) is 14.7. The molecular weight excluding hydrogens is 399 g/mol. The molecule has 1 amide bonds. The number of aliphatic carboxylic acids is 1. The van der Waals surface area contributed by atoms with E-state index in [2.05, 4.69) is 15.3 Å². The average molecular weight is 413 g/mol. The maximum atomic E-state index is 12.4. The molecule has 154 valence electrons. The lowest BCUT2D eigenvalue weighted by atomic mass is 10.1. The van der Waals surface area contributed by atoms with E-state index in [1.165, 1.54) is 12.1 Å². The van der Waals surface area contributed by atoms with Gasteiger partial charge >= 0.3 is 11.8 Å². The van der Waals surface area contributed by atoms with Gasteiger partial charge in [-0.25, -0.2) is 4.79 Å². The molecule has 29 heavy (non-hydrogen) atoms. The van der Waals surface area contributed by atoms with Crippen LogP contribution in [0.3, 0.4) is 0 Å². The number of carbonyl (C=O) groups excluding carboxylic acids is 2. The van der Waals surface area contributed by atoms with E-state index in [-0.39, 0.29) is 11.5 Å². The molecule has 0 atom stereocenters. The van der Waals surface area contributed by atoms with Crippen LogP contribution in [0.1, 0.15) is 10.4 Å². The number of fused-ring (bicyclic) bond motifs is 1. The zero-order chi connectivity index (χ0) is 21.6. The SMILES string of the molecule is O=C([O-])C(F)(F)F.[N-]=[N+]=Nc1ccc2cc(C(=O)N3CC[NH2+]CC3)c(=O)oc2c1. The van der Waals surface area contributed by atoms with Crippen LogP contribution in [0.15, 0.2) is 38.6 Å². The lowest BCUT2D eigenvalue weighted by molar-refractivity contribution is -0.661. The number of piperazine rings is 1. The number of halogens is 3. The summed E-state index contributed by atoms with van der Waals surface area (Å²) in [5.74, 6) is -3.31. The van der Waals surface area contributed by atoms with E-state index in [0.29, 0.717) is 29.7 Å². The van der Waals surface area contributed by atoms with Gasteiger partial charge in [0.15, 0.2) is 0 Å². The van der Waals surface area contributed by atoms with Crippen LogP contribution in [0.2, 0.25) is 0 Å². The largest absolute Gasteiger partial charge is 0.542 e. The van der Waals surface area contributed by atoms with Gasteiger partial charge in [0.1, 0.15) is 17.1 Å². The number of azide groups is 1. The molecule has 1 fully saturated rings. The number of carbonyl (C=O) groups is 2. The summed E-state index contributed by atoms with van der Waals surface area (Å²) in [6.07, 6.45) is -5.19. The number of carboxylic acid groups (broad SMARTS) is 1. The first-order valence-corrected chi connectivity index (χ1v) is 8.15. The molecule has 2 aromatic rings. The van der Waals surface area contributed by atoms with Crippen molar-refractivity contribution >= 4 is 28.5 Å². The fourth-order valence-electron chi connectivity index (χ4n) is 2.49. The summed E-state index contributed by atoms with van der Waals surface area (Å²) in [4.78, 5) is 37.6. The van der Waals surface area contributed by atoms with Crippen molar-refractivity contribution < 1.29 is 37.6 Å². The van der Waals surface area contributed by atoms with Gasteiger partial charge in [0.2, 0.25) is 0 Å². The normalized spacial score (nSPS) is 13.8. The Labute approximate surface area is 160 Å². The second-order valence-corrected chi connectivity index (χ2v) is 5.80. The molecule has 1 aliphatic heterocycles. The summed E-state index contributed by atoms with van der Waals surface area (Å²) in [6.45, 7) is 2.90. The van der Waals surface area contributed by atoms with Gasteiger partial charge in [0, 0.05) is 16.0 Å². The summed E-state index contributed by atoms with van der Waals surface area (Å²) < 4.78 is 36.7. The summed E-state index contributed by atoms with van der Waals surface area (Å²) in [5.41, 5.74) is 8.42. The number of nitrogens with two attached hydrogens (primary N) is 1. The Hall–Kier alpha value is -3.57. The second kappa shape index (κ2) is 9.08. The molecule has 10 nitrogen and oxygen atoms in total. The Kier molecular flexibility index (Phi) is 6.80. The van der Waals surface area contributed by atoms with Crippen LogP contribution in [0, 0.1) is 0 Å². The molecule has 0 bridgehead atoms. The molecule has 0 saturated carbocycles. The van der Waals surface area contributed by atoms with Crippen molar-refractivity contribution in [3.05, 3.63) is 50.7 Å². The quantitative estimate of drug-likeness (QED) is 0.319. The van der Waals surface area contributed by atoms with Gasteiger partial charge in [0.25, 0.3) is 5.91 Å². The van der Waals surface area contributed by atoms with E-state index in [1.54, 1.807) is 17.0 Å². The maximum Gasteiger partial charge on any atom is 0.430 e. The summed E-state index contributed by atoms with van der Waals surface area (Å²) in [6, 6.07) is 6.26. The smallest absolute Gasteiger partial charge is 0.430 e. The highest BCUT2D eigenvalue weighted by atomic mass is 19.4. The predicted molar refractivity (Wildman–Crippen MR) is 89.9 cm³/mol. The number of benzene rings is 1. The van der Waals surface area contributed by atoms with E-state index < -0.39 is 17.8 Å². The number of nitrogens with zero attached hydrogens (tertiary/aromatic N) is 4. The fourth-order valence-corrected chi connectivity index (χ4v) is 2.49. The third-order valence-electron chi connectivity index (χ3n) is 3.84. The van der Waals surface area contributed by atoms with Gasteiger partial charge in [0.05, 0.1) is 26.2 Å². The van der Waals surface area contributed by atoms with E-state index in [1.807, 2.05) is 0 Å². The van der Waals surface area contributed by atoms with Crippen LogP contribution in [-0.4, -0.2) is 49.1 Å². The molecule has 0 aliphatic carbocycles. The van der Waals surface area contributed by atoms with Gasteiger partial charge < -0.3 is 24.5 Å².